The second kappa shape index (κ2) is 9.03. The summed E-state index contributed by atoms with van der Waals surface area (Å²) >= 11 is 0. The number of hydrogen-bond donors (Lipinski definition) is 1. The summed E-state index contributed by atoms with van der Waals surface area (Å²) in [6.45, 7) is 1.78. The third-order valence-corrected chi connectivity index (χ3v) is 8.25. The molecule has 5 aromatic heterocycles. The van der Waals surface area contributed by atoms with Crippen LogP contribution in [0.1, 0.15) is 24.1 Å². The molecule has 5 aromatic rings. The third kappa shape index (κ3) is 4.23. The number of rotatable bonds is 5. The number of nitriles is 1. The van der Waals surface area contributed by atoms with Gasteiger partial charge in [-0.2, -0.15) is 15.5 Å². The molecule has 9 nitrogen and oxygen atoms in total. The molecule has 0 aromatic carbocycles. The Morgan fingerprint density at radius 1 is 0.974 bits per heavy atom. The van der Waals surface area contributed by atoms with Crippen LogP contribution in [0, 0.1) is 23.2 Å². The molecule has 194 valence electrons. The summed E-state index contributed by atoms with van der Waals surface area (Å²) in [6, 6.07) is 14.4. The van der Waals surface area contributed by atoms with Crippen molar-refractivity contribution >= 4 is 11.3 Å². The molecule has 1 unspecified atom stereocenters. The quantitative estimate of drug-likeness (QED) is 0.378. The van der Waals surface area contributed by atoms with Crippen LogP contribution in [-0.4, -0.2) is 53.2 Å². The topological polar surface area (TPSA) is 108 Å². The van der Waals surface area contributed by atoms with Crippen LogP contribution < -0.4 is 4.90 Å². The number of aliphatic hydroxyl groups is 1. The molecule has 6 heterocycles. The molecule has 1 aliphatic carbocycles. The van der Waals surface area contributed by atoms with E-state index < -0.39 is 5.60 Å². The summed E-state index contributed by atoms with van der Waals surface area (Å²) < 4.78 is 3.53. The lowest BCUT2D eigenvalue weighted by atomic mass is 9.93. The number of hydrogen-bond acceptors (Lipinski definition) is 7. The van der Waals surface area contributed by atoms with Gasteiger partial charge in [-0.3, -0.25) is 9.67 Å². The van der Waals surface area contributed by atoms with Gasteiger partial charge in [0.2, 0.25) is 0 Å². The van der Waals surface area contributed by atoms with E-state index in [2.05, 4.69) is 44.3 Å². The fourth-order valence-electron chi connectivity index (χ4n) is 6.52. The first-order chi connectivity index (χ1) is 19.0. The molecule has 1 aliphatic heterocycles. The molecule has 9 heteroatoms. The van der Waals surface area contributed by atoms with E-state index in [0.717, 1.165) is 65.2 Å². The number of aromatic nitrogens is 6. The van der Waals surface area contributed by atoms with Crippen molar-refractivity contribution in [2.75, 3.05) is 18.0 Å². The predicted octanol–water partition coefficient (Wildman–Crippen LogP) is 3.88. The molecule has 7 rings (SSSR count). The SMILES string of the molecule is Cn1cc(-c2cc(-c3ccc(N4C[C@@H]5CC(O)(Cc6ccccn6)C[C@@H]5C4)nc3)c3c(C#N)cnn3c2)cn1. The Morgan fingerprint density at radius 3 is 2.49 bits per heavy atom. The lowest BCUT2D eigenvalue weighted by Gasteiger charge is -2.26. The smallest absolute Gasteiger partial charge is 0.128 e. The van der Waals surface area contributed by atoms with Gasteiger partial charge < -0.3 is 10.0 Å². The Labute approximate surface area is 226 Å². The Bertz CT molecular complexity index is 1680. The molecule has 0 amide bonds. The van der Waals surface area contributed by atoms with Crippen LogP contribution in [-0.2, 0) is 13.5 Å². The summed E-state index contributed by atoms with van der Waals surface area (Å²) in [5, 5.41) is 29.7. The number of pyridine rings is 3. The van der Waals surface area contributed by atoms with Gasteiger partial charge >= 0.3 is 0 Å². The van der Waals surface area contributed by atoms with Gasteiger partial charge in [-0.1, -0.05) is 6.07 Å². The minimum atomic E-state index is -0.679. The lowest BCUT2D eigenvalue weighted by molar-refractivity contribution is 0.0396. The molecule has 2 aliphatic rings. The van der Waals surface area contributed by atoms with E-state index in [1.807, 2.05) is 50.0 Å². The van der Waals surface area contributed by atoms with E-state index in [1.54, 1.807) is 21.6 Å². The average Bonchev–Trinajstić information content (AvgIpc) is 3.71. The first-order valence-corrected chi connectivity index (χ1v) is 13.2. The molecule has 1 saturated carbocycles. The summed E-state index contributed by atoms with van der Waals surface area (Å²) in [7, 11) is 1.89. The Balaban J connectivity index is 1.13. The Kier molecular flexibility index (Phi) is 5.46. The van der Waals surface area contributed by atoms with Crippen LogP contribution in [0.15, 0.2) is 73.6 Å². The number of fused-ring (bicyclic) bond motifs is 2. The molecular weight excluding hydrogens is 488 g/mol. The molecule has 1 N–H and O–H groups in total. The van der Waals surface area contributed by atoms with Crippen molar-refractivity contribution in [2.45, 2.75) is 24.9 Å². The van der Waals surface area contributed by atoms with Crippen LogP contribution in [0.2, 0.25) is 0 Å². The van der Waals surface area contributed by atoms with E-state index in [-0.39, 0.29) is 0 Å². The zero-order chi connectivity index (χ0) is 26.6. The second-order valence-corrected chi connectivity index (χ2v) is 11.0. The normalized spacial score (nSPS) is 22.3. The van der Waals surface area contributed by atoms with Crippen LogP contribution in [0.4, 0.5) is 5.82 Å². The maximum atomic E-state index is 11.3. The van der Waals surface area contributed by atoms with Crippen molar-refractivity contribution in [3.05, 3.63) is 84.8 Å². The van der Waals surface area contributed by atoms with Crippen LogP contribution in [0.25, 0.3) is 27.8 Å². The first kappa shape index (κ1) is 23.6. The fourth-order valence-corrected chi connectivity index (χ4v) is 6.52. The highest BCUT2D eigenvalue weighted by molar-refractivity contribution is 5.87. The standard InChI is InChI=1S/C30H28N8O/c1-36-16-25(15-34-36)21-8-27(29-24(12-31)14-35-38(29)19-21)20-5-6-28(33-13-20)37-17-22-9-30(39,10-23(22)18-37)11-26-4-2-3-7-32-26/h2-8,13-16,19,22-23,39H,9-11,17-18H2,1H3/t22-,23+,30?. The maximum Gasteiger partial charge on any atom is 0.128 e. The third-order valence-electron chi connectivity index (χ3n) is 8.25. The largest absolute Gasteiger partial charge is 0.389 e. The predicted molar refractivity (Wildman–Crippen MR) is 147 cm³/mol. The number of anilines is 1. The van der Waals surface area contributed by atoms with Gasteiger partial charge in [0.05, 0.1) is 29.1 Å². The molecule has 0 spiro atoms. The van der Waals surface area contributed by atoms with Crippen LogP contribution >= 0.6 is 0 Å². The zero-order valence-electron chi connectivity index (χ0n) is 21.6. The van der Waals surface area contributed by atoms with E-state index in [9.17, 15) is 10.4 Å². The monoisotopic (exact) mass is 516 g/mol. The molecule has 3 atom stereocenters. The summed E-state index contributed by atoms with van der Waals surface area (Å²) in [5.74, 6) is 1.83. The Hall–Kier alpha value is -4.55. The van der Waals surface area contributed by atoms with Gasteiger partial charge in [0.25, 0.3) is 0 Å². The van der Waals surface area contributed by atoms with E-state index in [0.29, 0.717) is 23.8 Å². The van der Waals surface area contributed by atoms with Crippen molar-refractivity contribution in [3.8, 4) is 28.3 Å². The molecule has 2 fully saturated rings. The highest BCUT2D eigenvalue weighted by Crippen LogP contribution is 2.46. The maximum absolute atomic E-state index is 11.3. The van der Waals surface area contributed by atoms with Gasteiger partial charge in [-0.15, -0.1) is 0 Å². The average molecular weight is 517 g/mol. The van der Waals surface area contributed by atoms with Gasteiger partial charge in [0.15, 0.2) is 0 Å². The van der Waals surface area contributed by atoms with Gasteiger partial charge in [-0.05, 0) is 55.0 Å². The van der Waals surface area contributed by atoms with Crippen molar-refractivity contribution in [3.63, 3.8) is 0 Å². The second-order valence-electron chi connectivity index (χ2n) is 11.0. The van der Waals surface area contributed by atoms with Crippen molar-refractivity contribution < 1.29 is 5.11 Å². The zero-order valence-corrected chi connectivity index (χ0v) is 21.6. The summed E-state index contributed by atoms with van der Waals surface area (Å²) in [4.78, 5) is 11.6. The number of aryl methyl sites for hydroxylation is 1. The lowest BCUT2D eigenvalue weighted by Crippen LogP contribution is -2.32. The highest BCUT2D eigenvalue weighted by atomic mass is 16.3. The van der Waals surface area contributed by atoms with Gasteiger partial charge in [0.1, 0.15) is 11.9 Å². The molecule has 39 heavy (non-hydrogen) atoms. The number of nitrogens with zero attached hydrogens (tertiary/aromatic N) is 8. The molecule has 1 saturated heterocycles. The van der Waals surface area contributed by atoms with Crippen molar-refractivity contribution in [1.82, 2.24) is 29.4 Å². The van der Waals surface area contributed by atoms with Gasteiger partial charge in [0, 0.05) is 79.3 Å². The summed E-state index contributed by atoms with van der Waals surface area (Å²) in [6.07, 6.45) is 13.2. The van der Waals surface area contributed by atoms with E-state index >= 15 is 0 Å². The highest BCUT2D eigenvalue weighted by Gasteiger charge is 2.48. The van der Waals surface area contributed by atoms with Crippen LogP contribution in [0.5, 0.6) is 0 Å². The van der Waals surface area contributed by atoms with Gasteiger partial charge in [-0.25, -0.2) is 9.50 Å². The summed E-state index contributed by atoms with van der Waals surface area (Å²) in [5.41, 5.74) is 5.34. The molecule has 0 radical (unpaired) electrons. The van der Waals surface area contributed by atoms with Crippen LogP contribution in [0.3, 0.4) is 0 Å². The fraction of sp³-hybridized carbons (Fsp3) is 0.300. The first-order valence-electron chi connectivity index (χ1n) is 13.2. The van der Waals surface area contributed by atoms with Crippen molar-refractivity contribution in [2.24, 2.45) is 18.9 Å². The Morgan fingerprint density at radius 2 is 1.82 bits per heavy atom. The molecule has 0 bridgehead atoms. The van der Waals surface area contributed by atoms with E-state index in [4.69, 9.17) is 4.98 Å². The molecular formula is C30H28N8O. The van der Waals surface area contributed by atoms with Crippen molar-refractivity contribution in [1.29, 1.82) is 5.26 Å². The minimum Gasteiger partial charge on any atom is -0.389 e. The van der Waals surface area contributed by atoms with E-state index in [1.165, 1.54) is 0 Å². The minimum absolute atomic E-state index is 0.445.